The van der Waals surface area contributed by atoms with Crippen molar-refractivity contribution in [3.05, 3.63) is 84.4 Å². The Balaban J connectivity index is 1.40. The Hall–Kier alpha value is -4.70. The van der Waals surface area contributed by atoms with E-state index in [9.17, 15) is 9.59 Å². The molecule has 2 atom stereocenters. The van der Waals surface area contributed by atoms with Crippen LogP contribution in [0.1, 0.15) is 31.4 Å². The molecular formula is C30H33N3O7. The molecule has 0 spiro atoms. The Morgan fingerprint density at radius 1 is 1.05 bits per heavy atom. The van der Waals surface area contributed by atoms with Crippen LogP contribution in [0.15, 0.2) is 78.9 Å². The summed E-state index contributed by atoms with van der Waals surface area (Å²) in [5.74, 6) is 1.31. The molecule has 2 amide bonds. The summed E-state index contributed by atoms with van der Waals surface area (Å²) in [5, 5.41) is 14.6. The molecule has 40 heavy (non-hydrogen) atoms. The highest BCUT2D eigenvalue weighted by molar-refractivity contribution is 6.01. The van der Waals surface area contributed by atoms with Gasteiger partial charge in [-0.3, -0.25) is 10.1 Å². The number of aliphatic hydroxyl groups excluding tert-OH is 1. The van der Waals surface area contributed by atoms with Gasteiger partial charge in [-0.25, -0.2) is 4.79 Å². The summed E-state index contributed by atoms with van der Waals surface area (Å²) in [5.41, 5.74) is 8.17. The average Bonchev–Trinajstić information content (AvgIpc) is 3.42. The summed E-state index contributed by atoms with van der Waals surface area (Å²) in [7, 11) is 0. The fraction of sp³-hybridized carbons (Fsp3) is 0.267. The number of amides is 2. The lowest BCUT2D eigenvalue weighted by Crippen LogP contribution is -2.22. The first-order chi connectivity index (χ1) is 19.4. The zero-order chi connectivity index (χ0) is 28.3. The van der Waals surface area contributed by atoms with Gasteiger partial charge in [0.1, 0.15) is 18.5 Å². The van der Waals surface area contributed by atoms with Gasteiger partial charge in [-0.05, 0) is 66.8 Å². The van der Waals surface area contributed by atoms with Crippen LogP contribution in [0.3, 0.4) is 0 Å². The number of carbonyl (C=O) groups is 2. The third-order valence-corrected chi connectivity index (χ3v) is 6.19. The number of fused-ring (bicyclic) bond motifs is 1. The van der Waals surface area contributed by atoms with Crippen LogP contribution in [0, 0.1) is 5.92 Å². The maximum Gasteiger partial charge on any atom is 0.412 e. The minimum atomic E-state index is -0.632. The summed E-state index contributed by atoms with van der Waals surface area (Å²) < 4.78 is 22.2. The first-order valence-corrected chi connectivity index (χ1v) is 13.0. The Morgan fingerprint density at radius 3 is 2.70 bits per heavy atom. The van der Waals surface area contributed by atoms with E-state index in [0.717, 1.165) is 5.56 Å². The van der Waals surface area contributed by atoms with Gasteiger partial charge in [-0.15, -0.1) is 0 Å². The maximum atomic E-state index is 12.9. The molecule has 0 saturated heterocycles. The number of nitrogens with one attached hydrogen (secondary N) is 2. The normalized spacial score (nSPS) is 13.4. The van der Waals surface area contributed by atoms with Crippen molar-refractivity contribution in [1.29, 1.82) is 0 Å². The average molecular weight is 548 g/mol. The van der Waals surface area contributed by atoms with E-state index in [4.69, 9.17) is 29.8 Å². The molecule has 5 N–H and O–H groups in total. The summed E-state index contributed by atoms with van der Waals surface area (Å²) in [6.07, 6.45) is 3.19. The van der Waals surface area contributed by atoms with Crippen molar-refractivity contribution in [2.75, 3.05) is 36.4 Å². The van der Waals surface area contributed by atoms with Gasteiger partial charge in [0.15, 0.2) is 11.5 Å². The lowest BCUT2D eigenvalue weighted by Gasteiger charge is -2.25. The molecule has 4 rings (SSSR count). The number of nitrogens with two attached hydrogens (primary N) is 1. The fourth-order valence-electron chi connectivity index (χ4n) is 4.18. The predicted octanol–water partition coefficient (Wildman–Crippen LogP) is 5.27. The molecule has 210 valence electrons. The molecule has 1 aliphatic heterocycles. The predicted molar refractivity (Wildman–Crippen MR) is 151 cm³/mol. The van der Waals surface area contributed by atoms with E-state index < -0.39 is 12.2 Å². The molecule has 0 unspecified atom stereocenters. The second-order valence-corrected chi connectivity index (χ2v) is 9.20. The van der Waals surface area contributed by atoms with Gasteiger partial charge in [0, 0.05) is 11.8 Å². The second-order valence-electron chi connectivity index (χ2n) is 9.20. The highest BCUT2D eigenvalue weighted by atomic mass is 16.7. The van der Waals surface area contributed by atoms with Crippen molar-refractivity contribution in [3.63, 3.8) is 0 Å². The Labute approximate surface area is 232 Å². The summed E-state index contributed by atoms with van der Waals surface area (Å²) in [6.45, 7) is 2.14. The molecule has 3 aromatic rings. The van der Waals surface area contributed by atoms with Crippen molar-refractivity contribution in [2.45, 2.75) is 25.9 Å². The third-order valence-electron chi connectivity index (χ3n) is 6.19. The van der Waals surface area contributed by atoms with Crippen molar-refractivity contribution < 1.29 is 33.6 Å². The molecule has 10 heteroatoms. The van der Waals surface area contributed by atoms with Gasteiger partial charge in [-0.2, -0.15) is 0 Å². The standard InChI is InChI=1S/C30H33N3O7/c1-20(7-2-5-12-28(35)33-25-11-4-3-10-24(25)31)29(21-8-6-9-23(17-21)37-16-15-34)40-30(36)32-22-13-14-26-27(18-22)39-19-38-26/h3-6,8-14,17-18,20,29,34H,2,7,15-16,19,31H2,1H3,(H,32,36)(H,33,35)/b12-5+/t20-,29+/m0/s1. The van der Waals surface area contributed by atoms with Crippen LogP contribution >= 0.6 is 0 Å². The molecule has 1 aliphatic rings. The molecule has 10 nitrogen and oxygen atoms in total. The number of allylic oxidation sites excluding steroid dienone is 1. The number of anilines is 3. The van der Waals surface area contributed by atoms with E-state index in [1.54, 1.807) is 66.7 Å². The lowest BCUT2D eigenvalue weighted by molar-refractivity contribution is -0.111. The van der Waals surface area contributed by atoms with E-state index >= 15 is 0 Å². The topological polar surface area (TPSA) is 141 Å². The molecule has 0 saturated carbocycles. The van der Waals surface area contributed by atoms with Crippen LogP contribution in [-0.4, -0.2) is 37.1 Å². The van der Waals surface area contributed by atoms with Crippen LogP contribution in [0.2, 0.25) is 0 Å². The number of hydrogen-bond donors (Lipinski definition) is 4. The van der Waals surface area contributed by atoms with Crippen LogP contribution in [0.5, 0.6) is 17.2 Å². The van der Waals surface area contributed by atoms with Gasteiger partial charge < -0.3 is 35.1 Å². The van der Waals surface area contributed by atoms with E-state index in [1.165, 1.54) is 6.08 Å². The van der Waals surface area contributed by atoms with Gasteiger partial charge in [0.05, 0.1) is 18.0 Å². The van der Waals surface area contributed by atoms with E-state index in [0.29, 0.717) is 47.2 Å². The van der Waals surface area contributed by atoms with Crippen LogP contribution in [-0.2, 0) is 9.53 Å². The van der Waals surface area contributed by atoms with Gasteiger partial charge in [0.25, 0.3) is 0 Å². The van der Waals surface area contributed by atoms with Crippen molar-refractivity contribution in [1.82, 2.24) is 0 Å². The second kappa shape index (κ2) is 13.9. The Morgan fingerprint density at radius 2 is 1.88 bits per heavy atom. The van der Waals surface area contributed by atoms with Crippen molar-refractivity contribution in [3.8, 4) is 17.2 Å². The van der Waals surface area contributed by atoms with Crippen molar-refractivity contribution >= 4 is 29.1 Å². The number of carbonyl (C=O) groups excluding carboxylic acids is 2. The molecule has 3 aromatic carbocycles. The zero-order valence-corrected chi connectivity index (χ0v) is 22.2. The first kappa shape index (κ1) is 28.3. The number of nitrogen functional groups attached to an aromatic ring is 1. The Kier molecular flexibility index (Phi) is 9.84. The van der Waals surface area contributed by atoms with Crippen LogP contribution < -0.4 is 30.6 Å². The molecular weight excluding hydrogens is 514 g/mol. The van der Waals surface area contributed by atoms with Crippen molar-refractivity contribution in [2.24, 2.45) is 5.92 Å². The van der Waals surface area contributed by atoms with E-state index in [-0.39, 0.29) is 31.8 Å². The highest BCUT2D eigenvalue weighted by Crippen LogP contribution is 2.35. The van der Waals surface area contributed by atoms with Gasteiger partial charge in [-0.1, -0.05) is 37.3 Å². The fourth-order valence-corrected chi connectivity index (χ4v) is 4.18. The molecule has 0 radical (unpaired) electrons. The summed E-state index contributed by atoms with van der Waals surface area (Å²) in [4.78, 5) is 25.2. The van der Waals surface area contributed by atoms with Crippen LogP contribution in [0.25, 0.3) is 0 Å². The number of hydrogen-bond acceptors (Lipinski definition) is 8. The van der Waals surface area contributed by atoms with E-state index in [2.05, 4.69) is 10.6 Å². The molecule has 0 fully saturated rings. The molecule has 0 aliphatic carbocycles. The number of rotatable bonds is 12. The summed E-state index contributed by atoms with van der Waals surface area (Å²) in [6, 6.07) is 19.4. The van der Waals surface area contributed by atoms with E-state index in [1.807, 2.05) is 13.0 Å². The summed E-state index contributed by atoms with van der Waals surface area (Å²) >= 11 is 0. The van der Waals surface area contributed by atoms with Crippen LogP contribution in [0.4, 0.5) is 21.9 Å². The lowest BCUT2D eigenvalue weighted by atomic mass is 9.93. The number of para-hydroxylation sites is 2. The first-order valence-electron chi connectivity index (χ1n) is 13.0. The molecule has 0 bridgehead atoms. The third kappa shape index (κ3) is 7.90. The zero-order valence-electron chi connectivity index (χ0n) is 22.2. The number of benzene rings is 3. The monoisotopic (exact) mass is 547 g/mol. The largest absolute Gasteiger partial charge is 0.491 e. The van der Waals surface area contributed by atoms with Gasteiger partial charge in [0.2, 0.25) is 12.7 Å². The molecule has 1 heterocycles. The van der Waals surface area contributed by atoms with Gasteiger partial charge >= 0.3 is 6.09 Å². The maximum absolute atomic E-state index is 12.9. The minimum Gasteiger partial charge on any atom is -0.491 e. The SMILES string of the molecule is C[C@@H](CC/C=C/C(=O)Nc1ccccc1N)[C@@H](OC(=O)Nc1ccc2c(c1)OCO2)c1cccc(OCCO)c1. The number of ether oxygens (including phenoxy) is 4. The number of aliphatic hydroxyl groups is 1. The Bertz CT molecular complexity index is 1340. The quantitative estimate of drug-likeness (QED) is 0.178. The highest BCUT2D eigenvalue weighted by Gasteiger charge is 2.24. The molecule has 0 aromatic heterocycles. The minimum absolute atomic E-state index is 0.116. The smallest absolute Gasteiger partial charge is 0.412 e.